The van der Waals surface area contributed by atoms with Crippen molar-refractivity contribution in [1.82, 2.24) is 9.78 Å². The molecule has 0 aliphatic heterocycles. The van der Waals surface area contributed by atoms with E-state index in [0.717, 1.165) is 18.5 Å². The molecule has 1 aliphatic rings. The molecule has 1 heterocycles. The SMILES string of the molecule is Cn1nccc1C(=O)C1CCC1. The van der Waals surface area contributed by atoms with E-state index in [1.807, 2.05) is 7.05 Å². The summed E-state index contributed by atoms with van der Waals surface area (Å²) in [4.78, 5) is 11.6. The van der Waals surface area contributed by atoms with Gasteiger partial charge >= 0.3 is 0 Å². The Morgan fingerprint density at radius 1 is 1.67 bits per heavy atom. The zero-order valence-electron chi connectivity index (χ0n) is 7.16. The van der Waals surface area contributed by atoms with Gasteiger partial charge in [-0.05, 0) is 18.9 Å². The topological polar surface area (TPSA) is 34.9 Å². The third-order valence-electron chi connectivity index (χ3n) is 2.55. The molecule has 0 aromatic carbocycles. The lowest BCUT2D eigenvalue weighted by molar-refractivity contribution is 0.0845. The Kier molecular flexibility index (Phi) is 1.71. The van der Waals surface area contributed by atoms with Crippen LogP contribution in [-0.4, -0.2) is 15.6 Å². The summed E-state index contributed by atoms with van der Waals surface area (Å²) in [6.07, 6.45) is 4.99. The summed E-state index contributed by atoms with van der Waals surface area (Å²) in [5, 5.41) is 3.97. The average molecular weight is 164 g/mol. The number of nitrogens with zero attached hydrogens (tertiary/aromatic N) is 2. The molecular formula is C9H12N2O. The number of rotatable bonds is 2. The maximum absolute atomic E-state index is 11.6. The fourth-order valence-electron chi connectivity index (χ4n) is 1.50. The molecule has 1 saturated carbocycles. The van der Waals surface area contributed by atoms with E-state index in [1.165, 1.54) is 6.42 Å². The highest BCUT2D eigenvalue weighted by Gasteiger charge is 2.27. The molecule has 0 atom stereocenters. The van der Waals surface area contributed by atoms with Crippen molar-refractivity contribution in [3.05, 3.63) is 18.0 Å². The molecule has 0 saturated heterocycles. The zero-order chi connectivity index (χ0) is 8.55. The van der Waals surface area contributed by atoms with Gasteiger partial charge in [0.05, 0.1) is 0 Å². The summed E-state index contributed by atoms with van der Waals surface area (Å²) in [5.41, 5.74) is 0.750. The minimum Gasteiger partial charge on any atom is -0.292 e. The lowest BCUT2D eigenvalue weighted by Gasteiger charge is -2.23. The molecule has 3 heteroatoms. The highest BCUT2D eigenvalue weighted by molar-refractivity contribution is 5.96. The molecule has 0 bridgehead atoms. The second-order valence-electron chi connectivity index (χ2n) is 3.33. The van der Waals surface area contributed by atoms with Gasteiger partial charge in [-0.1, -0.05) is 6.42 Å². The first-order valence-electron chi connectivity index (χ1n) is 4.31. The zero-order valence-corrected chi connectivity index (χ0v) is 7.16. The summed E-state index contributed by atoms with van der Waals surface area (Å²) in [6.45, 7) is 0. The number of hydrogen-bond acceptors (Lipinski definition) is 2. The number of carbonyl (C=O) groups is 1. The Hall–Kier alpha value is -1.12. The molecule has 1 aromatic rings. The molecule has 0 amide bonds. The Labute approximate surface area is 71.4 Å². The lowest BCUT2D eigenvalue weighted by Crippen LogP contribution is -2.23. The number of aromatic nitrogens is 2. The summed E-state index contributed by atoms with van der Waals surface area (Å²) in [7, 11) is 1.81. The monoisotopic (exact) mass is 164 g/mol. The van der Waals surface area contributed by atoms with E-state index in [1.54, 1.807) is 16.9 Å². The smallest absolute Gasteiger partial charge is 0.183 e. The second-order valence-corrected chi connectivity index (χ2v) is 3.33. The van der Waals surface area contributed by atoms with Crippen LogP contribution in [-0.2, 0) is 7.05 Å². The van der Waals surface area contributed by atoms with Crippen LogP contribution in [0.3, 0.4) is 0 Å². The average Bonchev–Trinajstić information content (AvgIpc) is 2.31. The summed E-state index contributed by atoms with van der Waals surface area (Å²) < 4.78 is 1.65. The summed E-state index contributed by atoms with van der Waals surface area (Å²) in [6, 6.07) is 1.79. The molecular weight excluding hydrogens is 152 g/mol. The van der Waals surface area contributed by atoms with Gasteiger partial charge in [-0.25, -0.2) is 0 Å². The largest absolute Gasteiger partial charge is 0.292 e. The lowest BCUT2D eigenvalue weighted by atomic mass is 9.81. The quantitative estimate of drug-likeness (QED) is 0.619. The second kappa shape index (κ2) is 2.73. The number of aryl methyl sites for hydroxylation is 1. The predicted octanol–water partition coefficient (Wildman–Crippen LogP) is 1.40. The molecule has 0 unspecified atom stereocenters. The number of Topliss-reactive ketones (excluding diaryl/α,β-unsaturated/α-hetero) is 1. The van der Waals surface area contributed by atoms with Gasteiger partial charge in [0.1, 0.15) is 5.69 Å². The first-order chi connectivity index (χ1) is 5.79. The maximum Gasteiger partial charge on any atom is 0.183 e. The van der Waals surface area contributed by atoms with E-state index in [0.29, 0.717) is 0 Å². The van der Waals surface area contributed by atoms with Crippen LogP contribution in [0.2, 0.25) is 0 Å². The van der Waals surface area contributed by atoms with E-state index in [4.69, 9.17) is 0 Å². The van der Waals surface area contributed by atoms with Crippen molar-refractivity contribution >= 4 is 5.78 Å². The molecule has 2 rings (SSSR count). The third kappa shape index (κ3) is 1.05. The van der Waals surface area contributed by atoms with Gasteiger partial charge in [0, 0.05) is 19.2 Å². The van der Waals surface area contributed by atoms with Gasteiger partial charge in [0.15, 0.2) is 5.78 Å². The van der Waals surface area contributed by atoms with E-state index in [2.05, 4.69) is 5.10 Å². The van der Waals surface area contributed by atoms with Crippen molar-refractivity contribution in [2.75, 3.05) is 0 Å². The van der Waals surface area contributed by atoms with Crippen LogP contribution in [0.1, 0.15) is 29.8 Å². The molecule has 0 spiro atoms. The predicted molar refractivity (Wildman–Crippen MR) is 44.9 cm³/mol. The van der Waals surface area contributed by atoms with Gasteiger partial charge in [0.25, 0.3) is 0 Å². The molecule has 12 heavy (non-hydrogen) atoms. The molecule has 0 radical (unpaired) electrons. The van der Waals surface area contributed by atoms with Crippen LogP contribution in [0.25, 0.3) is 0 Å². The van der Waals surface area contributed by atoms with Crippen molar-refractivity contribution in [3.63, 3.8) is 0 Å². The molecule has 64 valence electrons. The Morgan fingerprint density at radius 3 is 2.83 bits per heavy atom. The first kappa shape index (κ1) is 7.53. The fraction of sp³-hybridized carbons (Fsp3) is 0.556. The normalized spacial score (nSPS) is 17.4. The highest BCUT2D eigenvalue weighted by atomic mass is 16.1. The number of hydrogen-bond donors (Lipinski definition) is 0. The van der Waals surface area contributed by atoms with E-state index >= 15 is 0 Å². The van der Waals surface area contributed by atoms with Crippen LogP contribution in [0.15, 0.2) is 12.3 Å². The van der Waals surface area contributed by atoms with Crippen molar-refractivity contribution in [3.8, 4) is 0 Å². The first-order valence-corrected chi connectivity index (χ1v) is 4.31. The van der Waals surface area contributed by atoms with E-state index < -0.39 is 0 Å². The van der Waals surface area contributed by atoms with Gasteiger partial charge in [-0.3, -0.25) is 9.48 Å². The van der Waals surface area contributed by atoms with Gasteiger partial charge < -0.3 is 0 Å². The molecule has 3 nitrogen and oxygen atoms in total. The molecule has 0 N–H and O–H groups in total. The standard InChI is InChI=1S/C9H12N2O/c1-11-8(5-6-10-11)9(12)7-3-2-4-7/h5-7H,2-4H2,1H3. The molecule has 1 fully saturated rings. The van der Waals surface area contributed by atoms with Crippen LogP contribution in [0, 0.1) is 5.92 Å². The molecule has 1 aliphatic carbocycles. The van der Waals surface area contributed by atoms with Gasteiger partial charge in [-0.2, -0.15) is 5.10 Å². The van der Waals surface area contributed by atoms with Crippen molar-refractivity contribution < 1.29 is 4.79 Å². The van der Waals surface area contributed by atoms with Crippen LogP contribution < -0.4 is 0 Å². The Morgan fingerprint density at radius 2 is 2.42 bits per heavy atom. The van der Waals surface area contributed by atoms with E-state index in [9.17, 15) is 4.79 Å². The van der Waals surface area contributed by atoms with Crippen molar-refractivity contribution in [1.29, 1.82) is 0 Å². The number of ketones is 1. The Bertz CT molecular complexity index is 299. The number of carbonyl (C=O) groups excluding carboxylic acids is 1. The Balaban J connectivity index is 2.19. The van der Waals surface area contributed by atoms with Crippen molar-refractivity contribution in [2.24, 2.45) is 13.0 Å². The van der Waals surface area contributed by atoms with Gasteiger partial charge in [-0.15, -0.1) is 0 Å². The van der Waals surface area contributed by atoms with Crippen LogP contribution >= 0.6 is 0 Å². The fourth-order valence-corrected chi connectivity index (χ4v) is 1.50. The third-order valence-corrected chi connectivity index (χ3v) is 2.55. The molecule has 1 aromatic heterocycles. The van der Waals surface area contributed by atoms with Crippen LogP contribution in [0.5, 0.6) is 0 Å². The van der Waals surface area contributed by atoms with Crippen molar-refractivity contribution in [2.45, 2.75) is 19.3 Å². The van der Waals surface area contributed by atoms with E-state index in [-0.39, 0.29) is 11.7 Å². The minimum absolute atomic E-state index is 0.265. The summed E-state index contributed by atoms with van der Waals surface area (Å²) in [5.74, 6) is 0.543. The van der Waals surface area contributed by atoms with Crippen LogP contribution in [0.4, 0.5) is 0 Å². The highest BCUT2D eigenvalue weighted by Crippen LogP contribution is 2.29. The minimum atomic E-state index is 0.265. The summed E-state index contributed by atoms with van der Waals surface area (Å²) >= 11 is 0. The maximum atomic E-state index is 11.6. The van der Waals surface area contributed by atoms with Gasteiger partial charge in [0.2, 0.25) is 0 Å².